The van der Waals surface area contributed by atoms with Gasteiger partial charge in [0.05, 0.1) is 33.1 Å². The van der Waals surface area contributed by atoms with E-state index in [0.717, 1.165) is 34.8 Å². The number of alkyl halides is 3. The first-order valence-corrected chi connectivity index (χ1v) is 12.0. The third-order valence-electron chi connectivity index (χ3n) is 5.04. The minimum Gasteiger partial charge on any atom is -0.456 e. The number of ether oxygens (including phenoxy) is 3. The summed E-state index contributed by atoms with van der Waals surface area (Å²) in [7, 11) is 1.65. The van der Waals surface area contributed by atoms with Gasteiger partial charge in [-0.2, -0.15) is 13.2 Å². The molecule has 3 heterocycles. The fourth-order valence-corrected chi connectivity index (χ4v) is 4.33. The molecule has 4 rings (SSSR count). The summed E-state index contributed by atoms with van der Waals surface area (Å²) < 4.78 is 66.6. The van der Waals surface area contributed by atoms with E-state index in [9.17, 15) is 22.4 Å². The molecule has 0 unspecified atom stereocenters. The Hall–Kier alpha value is -3.81. The molecule has 0 bridgehead atoms. The summed E-state index contributed by atoms with van der Waals surface area (Å²) >= 11 is 1.41. The lowest BCUT2D eigenvalue weighted by Crippen LogP contribution is -2.23. The number of hydrogen-bond acceptors (Lipinski definition) is 8. The van der Waals surface area contributed by atoms with Crippen LogP contribution in [0.5, 0.6) is 11.5 Å². The number of rotatable bonds is 10. The molecule has 0 aliphatic rings. The summed E-state index contributed by atoms with van der Waals surface area (Å²) in [5, 5.41) is 5.19. The molecule has 0 saturated heterocycles. The molecule has 0 aliphatic heterocycles. The van der Waals surface area contributed by atoms with Crippen molar-refractivity contribution in [2.45, 2.75) is 12.7 Å². The highest BCUT2D eigenvalue weighted by molar-refractivity contribution is 7.22. The monoisotopic (exact) mass is 550 g/mol. The molecule has 4 aromatic rings. The number of nitrogens with one attached hydrogen (secondary N) is 2. The summed E-state index contributed by atoms with van der Waals surface area (Å²) in [4.78, 5) is 21.3. The normalized spacial score (nSPS) is 11.5. The minimum atomic E-state index is -4.69. The second-order valence-corrected chi connectivity index (χ2v) is 8.97. The van der Waals surface area contributed by atoms with Crippen molar-refractivity contribution >= 4 is 33.3 Å². The second kappa shape index (κ2) is 12.2. The summed E-state index contributed by atoms with van der Waals surface area (Å²) in [5.41, 5.74) is 2.10. The Morgan fingerprint density at radius 1 is 1.11 bits per heavy atom. The van der Waals surface area contributed by atoms with E-state index in [-0.39, 0.29) is 11.4 Å². The van der Waals surface area contributed by atoms with Crippen LogP contribution < -0.4 is 15.4 Å². The number of aromatic nitrogens is 2. The number of carbonyl (C=O) groups is 1. The van der Waals surface area contributed by atoms with Crippen molar-refractivity contribution < 1.29 is 36.6 Å². The maximum absolute atomic E-state index is 14.5. The Morgan fingerprint density at radius 3 is 2.66 bits per heavy atom. The maximum atomic E-state index is 14.5. The van der Waals surface area contributed by atoms with Crippen molar-refractivity contribution in [2.75, 3.05) is 32.2 Å². The van der Waals surface area contributed by atoms with E-state index in [1.54, 1.807) is 25.6 Å². The van der Waals surface area contributed by atoms with Crippen LogP contribution in [-0.2, 0) is 16.0 Å². The molecule has 3 aromatic heterocycles. The molecule has 0 spiro atoms. The lowest BCUT2D eigenvalue weighted by molar-refractivity contribution is -0.159. The summed E-state index contributed by atoms with van der Waals surface area (Å²) in [6, 6.07) is 10.9. The molecule has 0 radical (unpaired) electrons. The van der Waals surface area contributed by atoms with Gasteiger partial charge in [-0.25, -0.2) is 9.18 Å². The number of pyridine rings is 2. The van der Waals surface area contributed by atoms with E-state index in [1.165, 1.54) is 17.4 Å². The number of hydrogen-bond donors (Lipinski definition) is 2. The van der Waals surface area contributed by atoms with Gasteiger partial charge in [0.25, 0.3) is 0 Å². The largest absolute Gasteiger partial charge is 0.456 e. The van der Waals surface area contributed by atoms with Crippen LogP contribution in [0.4, 0.5) is 28.0 Å². The molecule has 1 amide bonds. The summed E-state index contributed by atoms with van der Waals surface area (Å²) in [5.74, 6) is -0.373. The van der Waals surface area contributed by atoms with E-state index in [0.29, 0.717) is 29.1 Å². The van der Waals surface area contributed by atoms with E-state index in [2.05, 4.69) is 20.0 Å². The van der Waals surface area contributed by atoms with Gasteiger partial charge in [0.15, 0.2) is 12.4 Å². The number of nitrogens with zero attached hydrogens (tertiary/aromatic N) is 2. The van der Waals surface area contributed by atoms with Crippen LogP contribution in [0.3, 0.4) is 0 Å². The van der Waals surface area contributed by atoms with Crippen molar-refractivity contribution in [3.8, 4) is 22.1 Å². The standard InChI is InChI=1S/C25H22F4N4O4S/c1-35-9-8-30-12-15-2-4-19(32-13-15)22-11-20-23(38-22)21(6-7-31-20)37-16-3-5-18(17(26)10-16)33-24(34)36-14-25(27,28)29/h2-7,10-11,13,30H,8-9,12,14H2,1H3,(H,33,34). The van der Waals surface area contributed by atoms with Crippen molar-refractivity contribution in [3.63, 3.8) is 0 Å². The molecule has 8 nitrogen and oxygen atoms in total. The third-order valence-corrected chi connectivity index (χ3v) is 6.20. The number of carbonyl (C=O) groups excluding carboxylic acids is 1. The van der Waals surface area contributed by atoms with Crippen LogP contribution in [0.15, 0.2) is 54.9 Å². The highest BCUT2D eigenvalue weighted by Gasteiger charge is 2.29. The Labute approximate surface area is 218 Å². The van der Waals surface area contributed by atoms with Gasteiger partial charge in [-0.3, -0.25) is 15.3 Å². The highest BCUT2D eigenvalue weighted by Crippen LogP contribution is 2.39. The number of amides is 1. The van der Waals surface area contributed by atoms with Gasteiger partial charge in [0, 0.05) is 44.7 Å². The van der Waals surface area contributed by atoms with E-state index in [4.69, 9.17) is 9.47 Å². The third kappa shape index (κ3) is 7.37. The molecule has 0 atom stereocenters. The molecule has 200 valence electrons. The van der Waals surface area contributed by atoms with Gasteiger partial charge in [-0.1, -0.05) is 6.07 Å². The molecular formula is C25H22F4N4O4S. The Bertz CT molecular complexity index is 1400. The van der Waals surface area contributed by atoms with Gasteiger partial charge in [-0.05, 0) is 29.8 Å². The topological polar surface area (TPSA) is 94.6 Å². The van der Waals surface area contributed by atoms with Crippen molar-refractivity contribution in [1.82, 2.24) is 15.3 Å². The van der Waals surface area contributed by atoms with Crippen LogP contribution in [0.25, 0.3) is 20.8 Å². The number of anilines is 1. The van der Waals surface area contributed by atoms with Crippen molar-refractivity contribution in [1.29, 1.82) is 0 Å². The smallest absolute Gasteiger partial charge is 0.422 e. The molecular weight excluding hydrogens is 528 g/mol. The predicted octanol–water partition coefficient (Wildman–Crippen LogP) is 6.14. The average Bonchev–Trinajstić information content (AvgIpc) is 3.33. The fraction of sp³-hybridized carbons (Fsp3) is 0.240. The highest BCUT2D eigenvalue weighted by atomic mass is 32.1. The minimum absolute atomic E-state index is 0.114. The van der Waals surface area contributed by atoms with Crippen LogP contribution >= 0.6 is 11.3 Å². The maximum Gasteiger partial charge on any atom is 0.422 e. The lowest BCUT2D eigenvalue weighted by Gasteiger charge is -2.11. The van der Waals surface area contributed by atoms with Crippen LogP contribution in [0, 0.1) is 5.82 Å². The zero-order valence-electron chi connectivity index (χ0n) is 20.0. The van der Waals surface area contributed by atoms with Gasteiger partial charge in [0.1, 0.15) is 11.5 Å². The SMILES string of the molecule is COCCNCc1ccc(-c2cc3nccc(Oc4ccc(NC(=O)OCC(F)(F)F)c(F)c4)c3s2)nc1. The zero-order chi connectivity index (χ0) is 27.1. The van der Waals surface area contributed by atoms with Gasteiger partial charge >= 0.3 is 12.3 Å². The fourth-order valence-electron chi connectivity index (χ4n) is 3.28. The Kier molecular flexibility index (Phi) is 8.71. The molecule has 0 saturated carbocycles. The molecule has 2 N–H and O–H groups in total. The first-order chi connectivity index (χ1) is 18.2. The molecule has 0 fully saturated rings. The zero-order valence-corrected chi connectivity index (χ0v) is 20.8. The first kappa shape index (κ1) is 27.2. The average molecular weight is 551 g/mol. The number of benzene rings is 1. The lowest BCUT2D eigenvalue weighted by atomic mass is 10.2. The first-order valence-electron chi connectivity index (χ1n) is 11.2. The van der Waals surface area contributed by atoms with E-state index in [1.807, 2.05) is 23.5 Å². The van der Waals surface area contributed by atoms with Crippen molar-refractivity contribution in [3.05, 3.63) is 66.2 Å². The molecule has 38 heavy (non-hydrogen) atoms. The number of halogens is 4. The summed E-state index contributed by atoms with van der Waals surface area (Å²) in [6.45, 7) is 0.246. The number of thiophene rings is 1. The molecule has 0 aliphatic carbocycles. The van der Waals surface area contributed by atoms with Gasteiger partial charge in [-0.15, -0.1) is 11.3 Å². The van der Waals surface area contributed by atoms with Crippen molar-refractivity contribution in [2.24, 2.45) is 0 Å². The van der Waals surface area contributed by atoms with Crippen LogP contribution in [-0.4, -0.2) is 49.1 Å². The van der Waals surface area contributed by atoms with Gasteiger partial charge < -0.3 is 19.5 Å². The number of methoxy groups -OCH3 is 1. The second-order valence-electron chi connectivity index (χ2n) is 7.92. The van der Waals surface area contributed by atoms with Gasteiger partial charge in [0.2, 0.25) is 0 Å². The Balaban J connectivity index is 1.45. The number of fused-ring (bicyclic) bond motifs is 1. The quantitative estimate of drug-likeness (QED) is 0.181. The Morgan fingerprint density at radius 2 is 1.95 bits per heavy atom. The molecule has 1 aromatic carbocycles. The van der Waals surface area contributed by atoms with E-state index < -0.39 is 24.7 Å². The molecule has 13 heteroatoms. The predicted molar refractivity (Wildman–Crippen MR) is 134 cm³/mol. The van der Waals surface area contributed by atoms with Crippen LogP contribution in [0.2, 0.25) is 0 Å². The van der Waals surface area contributed by atoms with Crippen LogP contribution in [0.1, 0.15) is 5.56 Å². The summed E-state index contributed by atoms with van der Waals surface area (Å²) in [6.07, 6.45) is -2.77. The van der Waals surface area contributed by atoms with E-state index >= 15 is 0 Å².